The highest BCUT2D eigenvalue weighted by Gasteiger charge is 2.62. The van der Waals surface area contributed by atoms with Gasteiger partial charge < -0.3 is 20.3 Å². The minimum absolute atomic E-state index is 0.0594. The summed E-state index contributed by atoms with van der Waals surface area (Å²) in [4.78, 5) is 41.4. The van der Waals surface area contributed by atoms with Gasteiger partial charge in [0.2, 0.25) is 17.7 Å². The lowest BCUT2D eigenvalue weighted by atomic mass is 9.58. The molecule has 1 aliphatic carbocycles. The maximum absolute atomic E-state index is 14.5. The van der Waals surface area contributed by atoms with Crippen molar-refractivity contribution in [3.05, 3.63) is 87.3 Å². The number of carbonyl (C=O) groups excluding carboxylic acids is 3. The Kier molecular flexibility index (Phi) is 7.18. The van der Waals surface area contributed by atoms with Gasteiger partial charge in [-0.05, 0) is 47.4 Å². The molecule has 4 aliphatic rings. The Hall–Kier alpha value is -3.59. The molecule has 2 N–H and O–H groups in total. The van der Waals surface area contributed by atoms with E-state index >= 15 is 0 Å². The van der Waals surface area contributed by atoms with Gasteiger partial charge in [-0.3, -0.25) is 14.4 Å². The molecule has 41 heavy (non-hydrogen) atoms. The molecule has 3 amide bonds. The van der Waals surface area contributed by atoms with Gasteiger partial charge in [0, 0.05) is 62.3 Å². The normalized spacial score (nSPS) is 26.4. The van der Waals surface area contributed by atoms with Crippen LogP contribution in [0.3, 0.4) is 0 Å². The van der Waals surface area contributed by atoms with Crippen LogP contribution in [0.5, 0.6) is 0 Å². The fourth-order valence-corrected chi connectivity index (χ4v) is 7.19. The van der Waals surface area contributed by atoms with E-state index in [0.717, 1.165) is 23.2 Å². The number of ether oxygens (including phenoxy) is 1. The zero-order valence-corrected chi connectivity index (χ0v) is 23.9. The van der Waals surface area contributed by atoms with Crippen LogP contribution in [0.4, 0.5) is 10.1 Å². The molecule has 10 heteroatoms. The smallest absolute Gasteiger partial charge is 0.238 e. The van der Waals surface area contributed by atoms with E-state index in [2.05, 4.69) is 16.7 Å². The van der Waals surface area contributed by atoms with Crippen molar-refractivity contribution in [1.82, 2.24) is 10.2 Å². The van der Waals surface area contributed by atoms with Crippen molar-refractivity contribution < 1.29 is 23.5 Å². The lowest BCUT2D eigenvalue weighted by Crippen LogP contribution is -2.58. The first-order chi connectivity index (χ1) is 19.7. The number of amides is 3. The van der Waals surface area contributed by atoms with Crippen molar-refractivity contribution in [1.29, 1.82) is 0 Å². The SMILES string of the molecule is BC1=CC([C@H]2CC(=O)N[C@@H](c3cccc(F)c3)[C@]23C(=O)Nc2cc(Cl)ccc23)=C(OC2CCN(C(C)=O)CC2)CC1. The Morgan fingerprint density at radius 1 is 1.15 bits per heavy atom. The van der Waals surface area contributed by atoms with Crippen LogP contribution in [-0.2, 0) is 24.5 Å². The summed E-state index contributed by atoms with van der Waals surface area (Å²) in [6, 6.07) is 10.5. The molecule has 0 unspecified atom stereocenters. The summed E-state index contributed by atoms with van der Waals surface area (Å²) in [5, 5.41) is 6.56. The Balaban J connectivity index is 1.50. The number of rotatable bonds is 4. The van der Waals surface area contributed by atoms with Crippen LogP contribution in [0.1, 0.15) is 56.2 Å². The van der Waals surface area contributed by atoms with Gasteiger partial charge in [0.15, 0.2) is 0 Å². The van der Waals surface area contributed by atoms with Crippen LogP contribution in [0.2, 0.25) is 5.02 Å². The van der Waals surface area contributed by atoms with Crippen LogP contribution in [0.15, 0.2) is 65.3 Å². The number of piperidine rings is 2. The second kappa shape index (κ2) is 10.7. The number of hydrogen-bond donors (Lipinski definition) is 2. The lowest BCUT2D eigenvalue weighted by molar-refractivity contribution is -0.133. The number of nitrogens with zero attached hydrogens (tertiary/aromatic N) is 1. The van der Waals surface area contributed by atoms with Crippen molar-refractivity contribution in [2.24, 2.45) is 5.92 Å². The standard InChI is InChI=1S/C31H32BClFN3O4/c1-17(38)37-11-9-22(10-12-37)41-27-8-5-19(32)14-23(27)25-16-28(39)36-29(18-3-2-4-21(34)13-18)31(25)24-7-6-20(33)15-26(24)35-30(31)40/h2-4,6-7,13-15,22,25,29H,5,8-12,16,32H2,1H3,(H,35,40)(H,36,39)/t25-,29+,31-/m1/s1. The molecule has 2 aromatic rings. The molecule has 6 rings (SSSR count). The van der Waals surface area contributed by atoms with Gasteiger partial charge in [0.25, 0.3) is 0 Å². The van der Waals surface area contributed by atoms with E-state index < -0.39 is 23.2 Å². The van der Waals surface area contributed by atoms with E-state index in [9.17, 15) is 18.8 Å². The fraction of sp³-hybridized carbons (Fsp3) is 0.387. The van der Waals surface area contributed by atoms with Crippen LogP contribution in [-0.4, -0.2) is 49.7 Å². The second-order valence-electron chi connectivity index (χ2n) is 11.5. The first kappa shape index (κ1) is 27.6. The third-order valence-corrected chi connectivity index (χ3v) is 9.21. The zero-order valence-electron chi connectivity index (χ0n) is 23.1. The summed E-state index contributed by atoms with van der Waals surface area (Å²) in [6.07, 6.45) is 4.94. The van der Waals surface area contributed by atoms with E-state index in [1.165, 1.54) is 12.1 Å². The number of allylic oxidation sites excluding steroid dienone is 4. The molecule has 212 valence electrons. The Bertz CT molecular complexity index is 1500. The molecule has 0 aromatic heterocycles. The Labute approximate surface area is 244 Å². The molecule has 2 saturated heterocycles. The third-order valence-electron chi connectivity index (χ3n) is 8.97. The molecule has 2 aromatic carbocycles. The van der Waals surface area contributed by atoms with Crippen LogP contribution < -0.4 is 10.6 Å². The van der Waals surface area contributed by atoms with Gasteiger partial charge in [-0.25, -0.2) is 4.39 Å². The molecule has 0 bridgehead atoms. The summed E-state index contributed by atoms with van der Waals surface area (Å²) in [7, 11) is 2.05. The van der Waals surface area contributed by atoms with Crippen molar-refractivity contribution >= 4 is 42.9 Å². The van der Waals surface area contributed by atoms with Gasteiger partial charge in [0.05, 0.1) is 6.04 Å². The van der Waals surface area contributed by atoms with Gasteiger partial charge >= 0.3 is 0 Å². The quantitative estimate of drug-likeness (QED) is 0.537. The number of nitrogens with one attached hydrogen (secondary N) is 2. The first-order valence-electron chi connectivity index (χ1n) is 14.2. The van der Waals surface area contributed by atoms with Crippen LogP contribution >= 0.6 is 11.6 Å². The number of benzene rings is 2. The van der Waals surface area contributed by atoms with Gasteiger partial charge in [-0.2, -0.15) is 0 Å². The molecule has 3 heterocycles. The molecule has 0 saturated carbocycles. The molecule has 2 fully saturated rings. The average molecular weight is 576 g/mol. The topological polar surface area (TPSA) is 87.7 Å². The molecule has 3 aliphatic heterocycles. The van der Waals surface area contributed by atoms with E-state index in [0.29, 0.717) is 54.2 Å². The molecule has 1 spiro atoms. The predicted molar refractivity (Wildman–Crippen MR) is 156 cm³/mol. The maximum atomic E-state index is 14.5. The molecule has 3 atom stereocenters. The fourth-order valence-electron chi connectivity index (χ4n) is 7.01. The Morgan fingerprint density at radius 3 is 2.66 bits per heavy atom. The van der Waals surface area contributed by atoms with Crippen molar-refractivity contribution in [2.45, 2.75) is 56.6 Å². The monoisotopic (exact) mass is 575 g/mol. The first-order valence-corrected chi connectivity index (χ1v) is 14.5. The highest BCUT2D eigenvalue weighted by molar-refractivity contribution is 6.31. The van der Waals surface area contributed by atoms with Crippen molar-refractivity contribution in [3.63, 3.8) is 0 Å². The summed E-state index contributed by atoms with van der Waals surface area (Å²) < 4.78 is 21.2. The third kappa shape index (κ3) is 4.84. The summed E-state index contributed by atoms with van der Waals surface area (Å²) in [5.74, 6) is -0.671. The minimum atomic E-state index is -1.27. The van der Waals surface area contributed by atoms with E-state index in [4.69, 9.17) is 16.3 Å². The zero-order chi connectivity index (χ0) is 28.9. The highest BCUT2D eigenvalue weighted by Crippen LogP contribution is 2.57. The summed E-state index contributed by atoms with van der Waals surface area (Å²) in [6.45, 7) is 2.84. The average Bonchev–Trinajstić information content (AvgIpc) is 3.22. The highest BCUT2D eigenvalue weighted by atomic mass is 35.5. The molecular formula is C31H32BClFN3O4. The number of anilines is 1. The van der Waals surface area contributed by atoms with Gasteiger partial charge in [-0.15, -0.1) is 5.47 Å². The van der Waals surface area contributed by atoms with Crippen LogP contribution in [0.25, 0.3) is 0 Å². The lowest BCUT2D eigenvalue weighted by Gasteiger charge is -2.47. The number of carbonyl (C=O) groups is 3. The molecule has 0 radical (unpaired) electrons. The number of likely N-dealkylation sites (tertiary alicyclic amines) is 1. The number of hydrogen-bond acceptors (Lipinski definition) is 4. The predicted octanol–water partition coefficient (Wildman–Crippen LogP) is 4.14. The van der Waals surface area contributed by atoms with Gasteiger partial charge in [0.1, 0.15) is 30.9 Å². The van der Waals surface area contributed by atoms with Gasteiger partial charge in [-0.1, -0.05) is 35.9 Å². The summed E-state index contributed by atoms with van der Waals surface area (Å²) >= 11 is 6.33. The summed E-state index contributed by atoms with van der Waals surface area (Å²) in [5.41, 5.74) is 2.51. The maximum Gasteiger partial charge on any atom is 0.238 e. The number of fused-ring (bicyclic) bond motifs is 2. The minimum Gasteiger partial charge on any atom is -0.494 e. The second-order valence-corrected chi connectivity index (χ2v) is 12.0. The van der Waals surface area contributed by atoms with E-state index in [1.807, 2.05) is 18.8 Å². The Morgan fingerprint density at radius 2 is 1.93 bits per heavy atom. The van der Waals surface area contributed by atoms with Crippen LogP contribution in [0, 0.1) is 11.7 Å². The van der Waals surface area contributed by atoms with Crippen molar-refractivity contribution in [2.75, 3.05) is 18.4 Å². The molecular weight excluding hydrogens is 544 g/mol. The van der Waals surface area contributed by atoms with E-state index in [-0.39, 0.29) is 30.2 Å². The van der Waals surface area contributed by atoms with Crippen molar-refractivity contribution in [3.8, 4) is 0 Å². The largest absolute Gasteiger partial charge is 0.494 e. The molecule has 7 nitrogen and oxygen atoms in total. The number of halogens is 2. The van der Waals surface area contributed by atoms with E-state index in [1.54, 1.807) is 31.2 Å².